The Morgan fingerprint density at radius 1 is 1.26 bits per heavy atom. The molecule has 0 spiro atoms. The molecule has 0 bridgehead atoms. The molecule has 0 saturated heterocycles. The lowest BCUT2D eigenvalue weighted by atomic mass is 9.80. The standard InChI is InChI=1S/C20H20BF3N2O5/c1-12(2)28-6-3-7-29-18-13(10-25)9-16(20(22,23)24)19(26-18)31-15-4-5-17-14(8-15)11-30-21(17)27/h4-5,8-9,12,27H,3,6-7,11H2,1-2H3. The van der Waals surface area contributed by atoms with Gasteiger partial charge in [0, 0.05) is 6.42 Å². The van der Waals surface area contributed by atoms with Gasteiger partial charge in [-0.3, -0.25) is 0 Å². The van der Waals surface area contributed by atoms with Crippen molar-refractivity contribution in [3.05, 3.63) is 41.0 Å². The maximum absolute atomic E-state index is 13.6. The molecule has 1 aliphatic heterocycles. The summed E-state index contributed by atoms with van der Waals surface area (Å²) in [5.41, 5.74) is -0.441. The lowest BCUT2D eigenvalue weighted by Crippen LogP contribution is -2.27. The summed E-state index contributed by atoms with van der Waals surface area (Å²) in [4.78, 5) is 3.84. The first-order valence-corrected chi connectivity index (χ1v) is 9.56. The van der Waals surface area contributed by atoms with Crippen molar-refractivity contribution < 1.29 is 37.1 Å². The third kappa shape index (κ3) is 5.67. The van der Waals surface area contributed by atoms with E-state index >= 15 is 0 Å². The predicted molar refractivity (Wildman–Crippen MR) is 104 cm³/mol. The molecule has 0 aliphatic carbocycles. The van der Waals surface area contributed by atoms with Crippen LogP contribution in [0.5, 0.6) is 17.5 Å². The molecule has 2 heterocycles. The molecule has 164 valence electrons. The highest BCUT2D eigenvalue weighted by atomic mass is 19.4. The quantitative estimate of drug-likeness (QED) is 0.502. The number of benzene rings is 1. The Morgan fingerprint density at radius 3 is 2.71 bits per heavy atom. The molecule has 2 aromatic rings. The Hall–Kier alpha value is -2.81. The van der Waals surface area contributed by atoms with E-state index in [0.717, 1.165) is 0 Å². The number of nitrogens with zero attached hydrogens (tertiary/aromatic N) is 2. The van der Waals surface area contributed by atoms with Crippen molar-refractivity contribution in [3.63, 3.8) is 0 Å². The van der Waals surface area contributed by atoms with E-state index in [4.69, 9.17) is 18.9 Å². The van der Waals surface area contributed by atoms with E-state index in [0.29, 0.717) is 30.1 Å². The van der Waals surface area contributed by atoms with Crippen LogP contribution in [0, 0.1) is 11.3 Å². The second-order valence-electron chi connectivity index (χ2n) is 7.05. The minimum atomic E-state index is -4.80. The number of nitriles is 1. The number of rotatable bonds is 8. The van der Waals surface area contributed by atoms with Crippen LogP contribution in [0.1, 0.15) is 37.0 Å². The fourth-order valence-electron chi connectivity index (χ4n) is 2.88. The number of halogens is 3. The van der Waals surface area contributed by atoms with Gasteiger partial charge in [-0.15, -0.1) is 0 Å². The van der Waals surface area contributed by atoms with Crippen LogP contribution in [0.2, 0.25) is 0 Å². The summed E-state index contributed by atoms with van der Waals surface area (Å²) in [5, 5.41) is 18.9. The molecule has 3 rings (SSSR count). The van der Waals surface area contributed by atoms with Crippen LogP contribution < -0.4 is 14.9 Å². The Balaban J connectivity index is 1.86. The Kier molecular flexibility index (Phi) is 7.05. The molecular formula is C20H20BF3N2O5. The average molecular weight is 436 g/mol. The Labute approximate surface area is 177 Å². The molecule has 1 aliphatic rings. The van der Waals surface area contributed by atoms with E-state index in [9.17, 15) is 23.5 Å². The summed E-state index contributed by atoms with van der Waals surface area (Å²) in [6.45, 7) is 4.36. The van der Waals surface area contributed by atoms with Crippen molar-refractivity contribution in [2.24, 2.45) is 0 Å². The summed E-state index contributed by atoms with van der Waals surface area (Å²) in [6.07, 6.45) is -4.29. The van der Waals surface area contributed by atoms with E-state index in [1.54, 1.807) is 6.07 Å². The largest absolute Gasteiger partial charge is 0.491 e. The van der Waals surface area contributed by atoms with Gasteiger partial charge in [0.2, 0.25) is 11.8 Å². The van der Waals surface area contributed by atoms with Gasteiger partial charge < -0.3 is 23.9 Å². The molecule has 0 saturated carbocycles. The van der Waals surface area contributed by atoms with E-state index in [1.165, 1.54) is 18.2 Å². The number of hydrogen-bond acceptors (Lipinski definition) is 7. The molecular weight excluding hydrogens is 416 g/mol. The topological polar surface area (TPSA) is 93.8 Å². The molecule has 0 unspecified atom stereocenters. The number of hydrogen-bond donors (Lipinski definition) is 1. The average Bonchev–Trinajstić information content (AvgIpc) is 3.07. The van der Waals surface area contributed by atoms with Crippen LogP contribution in [0.25, 0.3) is 0 Å². The summed E-state index contributed by atoms with van der Waals surface area (Å²) >= 11 is 0. The minimum Gasteiger partial charge on any atom is -0.477 e. The van der Waals surface area contributed by atoms with Crippen LogP contribution in [-0.4, -0.2) is 36.4 Å². The van der Waals surface area contributed by atoms with Crippen molar-refractivity contribution in [1.82, 2.24) is 4.98 Å². The fraction of sp³-hybridized carbons (Fsp3) is 0.400. The zero-order chi connectivity index (χ0) is 22.6. The van der Waals surface area contributed by atoms with E-state index in [-0.39, 0.29) is 36.5 Å². The van der Waals surface area contributed by atoms with Gasteiger partial charge in [-0.25, -0.2) is 0 Å². The van der Waals surface area contributed by atoms with E-state index < -0.39 is 24.7 Å². The summed E-state index contributed by atoms with van der Waals surface area (Å²) in [6, 6.07) is 6.71. The van der Waals surface area contributed by atoms with Crippen LogP contribution in [0.3, 0.4) is 0 Å². The SMILES string of the molecule is CC(C)OCCCOc1nc(Oc2ccc3c(c2)COB3O)c(C(F)(F)F)cc1C#N. The zero-order valence-electron chi connectivity index (χ0n) is 16.9. The predicted octanol–water partition coefficient (Wildman–Crippen LogP) is 3.18. The van der Waals surface area contributed by atoms with Gasteiger partial charge in [-0.1, -0.05) is 6.07 Å². The summed E-state index contributed by atoms with van der Waals surface area (Å²) < 4.78 is 62.0. The van der Waals surface area contributed by atoms with Gasteiger partial charge in [-0.2, -0.15) is 23.4 Å². The molecule has 11 heteroatoms. The van der Waals surface area contributed by atoms with Gasteiger partial charge in [0.15, 0.2) is 0 Å². The fourth-order valence-corrected chi connectivity index (χ4v) is 2.88. The molecule has 0 fully saturated rings. The van der Waals surface area contributed by atoms with Crippen molar-refractivity contribution in [3.8, 4) is 23.6 Å². The van der Waals surface area contributed by atoms with Gasteiger partial charge in [0.05, 0.1) is 25.9 Å². The first kappa shape index (κ1) is 22.9. The third-order valence-electron chi connectivity index (χ3n) is 4.35. The third-order valence-corrected chi connectivity index (χ3v) is 4.35. The normalized spacial score (nSPS) is 13.3. The van der Waals surface area contributed by atoms with Crippen molar-refractivity contribution in [1.29, 1.82) is 5.26 Å². The lowest BCUT2D eigenvalue weighted by molar-refractivity contribution is -0.138. The maximum atomic E-state index is 13.6. The molecule has 7 nitrogen and oxygen atoms in total. The molecule has 0 radical (unpaired) electrons. The van der Waals surface area contributed by atoms with E-state index in [2.05, 4.69) is 4.98 Å². The minimum absolute atomic E-state index is 0.0395. The molecule has 31 heavy (non-hydrogen) atoms. The highest BCUT2D eigenvalue weighted by Gasteiger charge is 2.37. The van der Waals surface area contributed by atoms with Gasteiger partial charge in [0.1, 0.15) is 22.9 Å². The van der Waals surface area contributed by atoms with Crippen LogP contribution in [0.15, 0.2) is 24.3 Å². The van der Waals surface area contributed by atoms with Crippen LogP contribution >= 0.6 is 0 Å². The van der Waals surface area contributed by atoms with Crippen molar-refractivity contribution in [2.75, 3.05) is 13.2 Å². The maximum Gasteiger partial charge on any atom is 0.491 e. The zero-order valence-corrected chi connectivity index (χ0v) is 16.9. The highest BCUT2D eigenvalue weighted by Crippen LogP contribution is 2.39. The smallest absolute Gasteiger partial charge is 0.477 e. The summed E-state index contributed by atoms with van der Waals surface area (Å²) in [7, 11) is -1.08. The van der Waals surface area contributed by atoms with Gasteiger partial charge in [-0.05, 0) is 43.1 Å². The van der Waals surface area contributed by atoms with Crippen LogP contribution in [0.4, 0.5) is 13.2 Å². The van der Waals surface area contributed by atoms with E-state index in [1.807, 2.05) is 13.8 Å². The number of alkyl halides is 3. The molecule has 1 aromatic carbocycles. The first-order chi connectivity index (χ1) is 14.7. The second-order valence-corrected chi connectivity index (χ2v) is 7.05. The number of aromatic nitrogens is 1. The summed E-state index contributed by atoms with van der Waals surface area (Å²) in [5.74, 6) is -0.912. The van der Waals surface area contributed by atoms with Gasteiger partial charge in [0.25, 0.3) is 0 Å². The Morgan fingerprint density at radius 2 is 2.03 bits per heavy atom. The van der Waals surface area contributed by atoms with Crippen molar-refractivity contribution >= 4 is 12.6 Å². The number of fused-ring (bicyclic) bond motifs is 1. The number of ether oxygens (including phenoxy) is 3. The van der Waals surface area contributed by atoms with Gasteiger partial charge >= 0.3 is 13.3 Å². The highest BCUT2D eigenvalue weighted by molar-refractivity contribution is 6.61. The molecule has 1 aromatic heterocycles. The van der Waals surface area contributed by atoms with Crippen molar-refractivity contribution in [2.45, 2.75) is 39.2 Å². The Bertz CT molecular complexity index is 979. The monoisotopic (exact) mass is 436 g/mol. The first-order valence-electron chi connectivity index (χ1n) is 9.56. The van der Waals surface area contributed by atoms with Crippen LogP contribution in [-0.2, 0) is 22.2 Å². The lowest BCUT2D eigenvalue weighted by Gasteiger charge is -2.16. The number of pyridine rings is 1. The molecule has 0 amide bonds. The molecule has 1 N–H and O–H groups in total. The molecule has 0 atom stereocenters. The second kappa shape index (κ2) is 9.55.